The van der Waals surface area contributed by atoms with Gasteiger partial charge in [-0.1, -0.05) is 0 Å². The largest absolute Gasteiger partial charge is 2.00 e. The van der Waals surface area contributed by atoms with Crippen molar-refractivity contribution in [2.75, 3.05) is 0 Å². The average Bonchev–Trinajstić information content (AvgIpc) is 1.12. The molecule has 0 bridgehead atoms. The van der Waals surface area contributed by atoms with Gasteiger partial charge in [0.2, 0.25) is 0 Å². The fourth-order valence-electron chi connectivity index (χ4n) is 0. The molecule has 14 heteroatoms. The van der Waals surface area contributed by atoms with Crippen LogP contribution in [0.1, 0.15) is 11.4 Å². The van der Waals surface area contributed by atoms with Crippen molar-refractivity contribution in [3.8, 4) is 0 Å². The van der Waals surface area contributed by atoms with Gasteiger partial charge in [-0.3, -0.25) is 9.11 Å². The van der Waals surface area contributed by atoms with Gasteiger partial charge in [0.25, 0.3) is 0 Å². The van der Waals surface area contributed by atoms with Crippen LogP contribution in [0.5, 0.6) is 0 Å². The molecule has 0 aromatic heterocycles. The third-order valence-corrected chi connectivity index (χ3v) is 0. The maximum absolute atomic E-state index is 8.88. The Hall–Kier alpha value is 5.02. The molecule has 0 amide bonds. The maximum Gasteiger partial charge on any atom is 2.00 e. The topological polar surface area (TPSA) is 152 Å². The van der Waals surface area contributed by atoms with Crippen LogP contribution in [0.3, 0.4) is 0 Å². The van der Waals surface area contributed by atoms with Crippen LogP contribution in [0.25, 0.3) is 0 Å². The van der Waals surface area contributed by atoms with E-state index in [1.165, 1.54) is 0 Å². The van der Waals surface area contributed by atoms with Crippen LogP contribution in [0.15, 0.2) is 0 Å². The van der Waals surface area contributed by atoms with E-state index in [-0.39, 0.29) is 162 Å². The zero-order valence-electron chi connectivity index (χ0n) is 15.1. The number of rotatable bonds is 0. The third kappa shape index (κ3) is 173. The summed E-state index contributed by atoms with van der Waals surface area (Å²) in [6.07, 6.45) is 0. The second-order valence-electron chi connectivity index (χ2n) is 0.961. The molecule has 0 atom stereocenters. The molecule has 0 radical (unpaired) electrons. The summed E-state index contributed by atoms with van der Waals surface area (Å²) in [6, 6.07) is 0. The van der Waals surface area contributed by atoms with Gasteiger partial charge in [-0.15, -0.1) is 0 Å². The minimum Gasteiger partial charge on any atom is -1.00 e. The summed E-state index contributed by atoms with van der Waals surface area (Å²) in [4.78, 5) is 21.6. The smallest absolute Gasteiger partial charge is 1.00 e. The Labute approximate surface area is 212 Å². The molecule has 0 rings (SSSR count). The first-order valence-corrected chi connectivity index (χ1v) is 4.44. The minimum absolute atomic E-state index is 0. The van der Waals surface area contributed by atoms with Crippen LogP contribution >= 0.6 is 7.82 Å². The van der Waals surface area contributed by atoms with Gasteiger partial charge >= 0.3 is 169 Å². The monoisotopic (exact) mass is 364 g/mol. The quantitative estimate of drug-likeness (QED) is 0.184. The number of hydrogen-bond acceptors (Lipinski definition) is 3. The second kappa shape index (κ2) is 18.0. The van der Waals surface area contributed by atoms with Crippen molar-refractivity contribution in [3.05, 3.63) is 0 Å². The van der Waals surface area contributed by atoms with Gasteiger partial charge in [0.05, 0.1) is 0 Å². The molecular formula is H13Ca4O8PS. The van der Waals surface area contributed by atoms with Crippen LogP contribution in [0, 0.1) is 0 Å². The summed E-state index contributed by atoms with van der Waals surface area (Å²) in [5.41, 5.74) is 0. The SMILES string of the molecule is O=P(O)(O)O.O=S(=O)(O)O.[Ca+2].[Ca+2].[Ca+2].[Ca+2].[H-].[H-].[H-].[H-].[H-].[H-].[H-].[H-]. The van der Waals surface area contributed by atoms with Gasteiger partial charge in [0.1, 0.15) is 0 Å². The molecule has 5 N–H and O–H groups in total. The average molecular weight is 364 g/mol. The van der Waals surface area contributed by atoms with Gasteiger partial charge in [0, 0.05) is 0 Å². The normalized spacial score (nSPS) is 8.36. The summed E-state index contributed by atoms with van der Waals surface area (Å²) in [5, 5.41) is 0. The number of phosphoric acid groups is 1. The van der Waals surface area contributed by atoms with E-state index >= 15 is 0 Å². The van der Waals surface area contributed by atoms with Crippen LogP contribution in [0.2, 0.25) is 0 Å². The van der Waals surface area contributed by atoms with Gasteiger partial charge < -0.3 is 26.1 Å². The first kappa shape index (κ1) is 36.4. The molecule has 14 heavy (non-hydrogen) atoms. The van der Waals surface area contributed by atoms with E-state index in [2.05, 4.69) is 0 Å². The van der Waals surface area contributed by atoms with E-state index in [4.69, 9.17) is 36.8 Å². The van der Waals surface area contributed by atoms with Crippen molar-refractivity contribution >= 4 is 169 Å². The second-order valence-corrected chi connectivity index (χ2v) is 2.88. The van der Waals surface area contributed by atoms with Crippen molar-refractivity contribution in [3.63, 3.8) is 0 Å². The van der Waals surface area contributed by atoms with E-state index in [0.29, 0.717) is 0 Å². The molecule has 80 valence electrons. The van der Waals surface area contributed by atoms with Crippen molar-refractivity contribution < 1.29 is 48.2 Å². The number of hydrogen-bond donors (Lipinski definition) is 5. The first-order valence-electron chi connectivity index (χ1n) is 1.48. The molecule has 0 aliphatic rings. The Balaban J connectivity index is -0.00000000314. The molecule has 8 nitrogen and oxygen atoms in total. The van der Waals surface area contributed by atoms with E-state index in [1.54, 1.807) is 0 Å². The van der Waals surface area contributed by atoms with E-state index < -0.39 is 18.2 Å². The Kier molecular flexibility index (Phi) is 46.9. The van der Waals surface area contributed by atoms with Gasteiger partial charge in [-0.05, 0) is 0 Å². The van der Waals surface area contributed by atoms with E-state index in [1.807, 2.05) is 0 Å². The zero-order chi connectivity index (χ0) is 9.00. The summed E-state index contributed by atoms with van der Waals surface area (Å²) in [5.74, 6) is 0. The van der Waals surface area contributed by atoms with Crippen LogP contribution in [0.4, 0.5) is 0 Å². The summed E-state index contributed by atoms with van der Waals surface area (Å²) in [6.45, 7) is 0. The van der Waals surface area contributed by atoms with E-state index in [9.17, 15) is 0 Å². The van der Waals surface area contributed by atoms with Gasteiger partial charge in [-0.25, -0.2) is 4.57 Å². The third-order valence-electron chi connectivity index (χ3n) is 0. The minimum atomic E-state index is -4.67. The maximum atomic E-state index is 8.88. The van der Waals surface area contributed by atoms with Crippen LogP contribution in [-0.2, 0) is 15.0 Å². The molecule has 0 spiro atoms. The summed E-state index contributed by atoms with van der Waals surface area (Å²) < 4.78 is 40.5. The molecule has 0 fully saturated rings. The molecule has 0 saturated carbocycles. The molecule has 0 aromatic rings. The molecule has 0 aliphatic carbocycles. The van der Waals surface area contributed by atoms with Crippen molar-refractivity contribution in [2.45, 2.75) is 0 Å². The van der Waals surface area contributed by atoms with Crippen LogP contribution in [-0.4, -0.2) is 183 Å². The molecular weight excluding hydrogens is 351 g/mol. The Morgan fingerprint density at radius 2 is 0.857 bits per heavy atom. The van der Waals surface area contributed by atoms with E-state index in [0.717, 1.165) is 0 Å². The predicted octanol–water partition coefficient (Wildman–Crippen LogP) is -2.20. The van der Waals surface area contributed by atoms with Crippen molar-refractivity contribution in [1.29, 1.82) is 0 Å². The standard InChI is InChI=1S/4Ca.H3O4P.H2O4S.8H/c;;;;2*1-5(2,3)4;;;;;;;;/h;;;;(H3,1,2,3,4);(H2,1,2,3,4);;;;;;;;/q4*+2;;;8*-1. The molecule has 0 saturated heterocycles. The molecule has 0 aromatic carbocycles. The summed E-state index contributed by atoms with van der Waals surface area (Å²) in [7, 11) is -9.31. The fraction of sp³-hybridized carbons (Fsp3) is 0. The van der Waals surface area contributed by atoms with Crippen LogP contribution < -0.4 is 0 Å². The Morgan fingerprint density at radius 3 is 0.857 bits per heavy atom. The fourth-order valence-corrected chi connectivity index (χ4v) is 0. The molecule has 0 unspecified atom stereocenters. The van der Waals surface area contributed by atoms with Gasteiger partial charge in [-0.2, -0.15) is 8.42 Å². The molecule has 0 aliphatic heterocycles. The van der Waals surface area contributed by atoms with Gasteiger partial charge in [0.15, 0.2) is 0 Å². The van der Waals surface area contributed by atoms with Crippen molar-refractivity contribution in [2.24, 2.45) is 0 Å². The predicted molar refractivity (Wildman–Crippen MR) is 60.4 cm³/mol. The first-order chi connectivity index (χ1) is 4.00. The molecule has 0 heterocycles. The Morgan fingerprint density at radius 1 is 0.857 bits per heavy atom. The van der Waals surface area contributed by atoms with Crippen molar-refractivity contribution in [1.82, 2.24) is 0 Å². The zero-order valence-corrected chi connectivity index (χ0v) is 17.7. The Bertz CT molecular complexity index is 220. The summed E-state index contributed by atoms with van der Waals surface area (Å²) >= 11 is 0.